The van der Waals surface area contributed by atoms with Crippen molar-refractivity contribution in [2.45, 2.75) is 13.8 Å². The molecule has 0 saturated carbocycles. The number of benzene rings is 2. The third-order valence-electron chi connectivity index (χ3n) is 5.31. The maximum atomic E-state index is 12.6. The van der Waals surface area contributed by atoms with Crippen LogP contribution in [0.15, 0.2) is 40.9 Å². The Morgan fingerprint density at radius 2 is 1.77 bits per heavy atom. The number of rotatable bonds is 7. The summed E-state index contributed by atoms with van der Waals surface area (Å²) in [4.78, 5) is 39.4. The van der Waals surface area contributed by atoms with Crippen molar-refractivity contribution in [3.8, 4) is 5.75 Å². The van der Waals surface area contributed by atoms with Crippen molar-refractivity contribution in [3.63, 3.8) is 0 Å². The minimum Gasteiger partial charge on any atom is -0.493 e. The number of thiocarbonyl (C=S) groups is 1. The second-order valence-electron chi connectivity index (χ2n) is 7.49. The van der Waals surface area contributed by atoms with Crippen molar-refractivity contribution in [1.29, 1.82) is 0 Å². The maximum absolute atomic E-state index is 12.6. The molecule has 1 aliphatic rings. The molecular formula is C23H25BrN4O6S. The molecule has 2 aromatic carbocycles. The summed E-state index contributed by atoms with van der Waals surface area (Å²) in [6.45, 7) is 6.06. The van der Waals surface area contributed by atoms with Crippen molar-refractivity contribution in [2.75, 3.05) is 44.3 Å². The van der Waals surface area contributed by atoms with Gasteiger partial charge in [-0.25, -0.2) is 4.79 Å². The van der Waals surface area contributed by atoms with E-state index in [1.54, 1.807) is 31.2 Å². The number of carbonyl (C=O) groups is 2. The molecule has 0 unspecified atom stereocenters. The largest absolute Gasteiger partial charge is 0.493 e. The first-order chi connectivity index (χ1) is 16.7. The molecule has 35 heavy (non-hydrogen) atoms. The van der Waals surface area contributed by atoms with Gasteiger partial charge in [-0.15, -0.1) is 0 Å². The van der Waals surface area contributed by atoms with Crippen molar-refractivity contribution < 1.29 is 24.0 Å². The number of nitro benzene ring substituents is 1. The van der Waals surface area contributed by atoms with E-state index < -0.39 is 10.9 Å². The highest BCUT2D eigenvalue weighted by molar-refractivity contribution is 9.10. The second-order valence-corrected chi connectivity index (χ2v) is 8.73. The van der Waals surface area contributed by atoms with E-state index in [4.69, 9.17) is 21.7 Å². The number of amides is 1. The first kappa shape index (κ1) is 26.4. The van der Waals surface area contributed by atoms with Crippen LogP contribution < -0.4 is 15.0 Å². The van der Waals surface area contributed by atoms with Crippen LogP contribution >= 0.6 is 28.1 Å². The van der Waals surface area contributed by atoms with E-state index in [9.17, 15) is 19.7 Å². The van der Waals surface area contributed by atoms with Crippen LogP contribution in [0.1, 0.15) is 34.6 Å². The van der Waals surface area contributed by atoms with Crippen LogP contribution in [-0.2, 0) is 4.74 Å². The number of esters is 1. The maximum Gasteiger partial charge on any atom is 0.338 e. The molecular weight excluding hydrogens is 540 g/mol. The Kier molecular flexibility index (Phi) is 8.99. The van der Waals surface area contributed by atoms with Gasteiger partial charge in [0.2, 0.25) is 0 Å². The normalized spacial score (nSPS) is 13.2. The van der Waals surface area contributed by atoms with Crippen molar-refractivity contribution in [1.82, 2.24) is 10.2 Å². The van der Waals surface area contributed by atoms with Crippen LogP contribution in [0.5, 0.6) is 5.75 Å². The lowest BCUT2D eigenvalue weighted by Crippen LogP contribution is -2.52. The van der Waals surface area contributed by atoms with E-state index in [-0.39, 0.29) is 28.9 Å². The molecule has 0 atom stereocenters. The zero-order valence-corrected chi connectivity index (χ0v) is 21.7. The van der Waals surface area contributed by atoms with Crippen molar-refractivity contribution in [3.05, 3.63) is 62.1 Å². The lowest BCUT2D eigenvalue weighted by molar-refractivity contribution is -0.384. The summed E-state index contributed by atoms with van der Waals surface area (Å²) in [5.74, 6) is -0.300. The summed E-state index contributed by atoms with van der Waals surface area (Å²) < 4.78 is 11.1. The summed E-state index contributed by atoms with van der Waals surface area (Å²) in [6.07, 6.45) is 0. The molecule has 1 heterocycles. The molecule has 10 nitrogen and oxygen atoms in total. The monoisotopic (exact) mass is 564 g/mol. The first-order valence-electron chi connectivity index (χ1n) is 11.0. The SMILES string of the molecule is CCOC(=O)c1ccc(N2CCN(C(=S)NC(=O)c3ccc(OCC)c(Br)c3)CC2)c([N+](=O)[O-])c1. The Hall–Kier alpha value is -3.25. The molecule has 0 aliphatic carbocycles. The zero-order valence-electron chi connectivity index (χ0n) is 19.3. The van der Waals surface area contributed by atoms with E-state index in [1.807, 2.05) is 16.7 Å². The number of nitrogens with one attached hydrogen (secondary N) is 1. The first-order valence-corrected chi connectivity index (χ1v) is 12.2. The van der Waals surface area contributed by atoms with Crippen LogP contribution in [0.25, 0.3) is 0 Å². The molecule has 186 valence electrons. The smallest absolute Gasteiger partial charge is 0.338 e. The number of nitro groups is 1. The van der Waals surface area contributed by atoms with Gasteiger partial charge in [0.25, 0.3) is 11.6 Å². The summed E-state index contributed by atoms with van der Waals surface area (Å²) in [5, 5.41) is 14.7. The zero-order chi connectivity index (χ0) is 25.5. The molecule has 0 bridgehead atoms. The average molecular weight is 565 g/mol. The fourth-order valence-electron chi connectivity index (χ4n) is 3.59. The van der Waals surface area contributed by atoms with Gasteiger partial charge in [0.1, 0.15) is 11.4 Å². The predicted molar refractivity (Wildman–Crippen MR) is 138 cm³/mol. The third-order valence-corrected chi connectivity index (χ3v) is 6.29. The summed E-state index contributed by atoms with van der Waals surface area (Å²) in [5.41, 5.74) is 0.808. The van der Waals surface area contributed by atoms with Crippen LogP contribution in [-0.4, -0.2) is 66.2 Å². The lowest BCUT2D eigenvalue weighted by Gasteiger charge is -2.37. The molecule has 3 rings (SSSR count). The number of hydrogen-bond donors (Lipinski definition) is 1. The van der Waals surface area contributed by atoms with Gasteiger partial charge < -0.3 is 19.3 Å². The molecule has 0 spiro atoms. The van der Waals surface area contributed by atoms with E-state index in [0.717, 1.165) is 0 Å². The van der Waals surface area contributed by atoms with Crippen molar-refractivity contribution in [2.24, 2.45) is 0 Å². The Labute approximate surface area is 216 Å². The fraction of sp³-hybridized carbons (Fsp3) is 0.348. The lowest BCUT2D eigenvalue weighted by atomic mass is 10.1. The van der Waals surface area contributed by atoms with Gasteiger partial charge >= 0.3 is 5.97 Å². The minimum atomic E-state index is -0.604. The fourth-order valence-corrected chi connectivity index (χ4v) is 4.36. The molecule has 1 N–H and O–H groups in total. The van der Waals surface area contributed by atoms with Gasteiger partial charge in [0, 0.05) is 37.8 Å². The van der Waals surface area contributed by atoms with Crippen LogP contribution in [0, 0.1) is 10.1 Å². The van der Waals surface area contributed by atoms with Crippen LogP contribution in [0.4, 0.5) is 11.4 Å². The van der Waals surface area contributed by atoms with Gasteiger partial charge in [-0.05, 0) is 72.3 Å². The highest BCUT2D eigenvalue weighted by atomic mass is 79.9. The second kappa shape index (κ2) is 11.9. The molecule has 1 fully saturated rings. The molecule has 0 radical (unpaired) electrons. The molecule has 1 aliphatic heterocycles. The third kappa shape index (κ3) is 6.45. The quantitative estimate of drug-likeness (QED) is 0.232. The van der Waals surface area contributed by atoms with E-state index in [0.29, 0.717) is 54.3 Å². The van der Waals surface area contributed by atoms with E-state index >= 15 is 0 Å². The topological polar surface area (TPSA) is 114 Å². The van der Waals surface area contributed by atoms with Gasteiger partial charge in [-0.2, -0.15) is 0 Å². The summed E-state index contributed by atoms with van der Waals surface area (Å²) in [6, 6.07) is 9.35. The highest BCUT2D eigenvalue weighted by Gasteiger charge is 2.27. The number of anilines is 1. The number of piperazine rings is 1. The Bertz CT molecular complexity index is 1140. The van der Waals surface area contributed by atoms with Gasteiger partial charge in [-0.1, -0.05) is 0 Å². The van der Waals surface area contributed by atoms with Gasteiger partial charge in [0.05, 0.1) is 28.2 Å². The number of nitrogens with zero attached hydrogens (tertiary/aromatic N) is 3. The molecule has 1 saturated heterocycles. The van der Waals surface area contributed by atoms with E-state index in [1.165, 1.54) is 12.1 Å². The van der Waals surface area contributed by atoms with E-state index in [2.05, 4.69) is 21.2 Å². The molecule has 1 amide bonds. The summed E-state index contributed by atoms with van der Waals surface area (Å²) in [7, 11) is 0. The average Bonchev–Trinajstić information content (AvgIpc) is 2.85. The Morgan fingerprint density at radius 3 is 2.37 bits per heavy atom. The summed E-state index contributed by atoms with van der Waals surface area (Å²) >= 11 is 8.82. The highest BCUT2D eigenvalue weighted by Crippen LogP contribution is 2.30. The number of halogens is 1. The standard InChI is InChI=1S/C23H25BrN4O6S/c1-3-33-20-8-6-15(13-17(20)24)21(29)25-23(35)27-11-9-26(10-12-27)18-7-5-16(22(30)34-4-2)14-19(18)28(31)32/h5-8,13-14H,3-4,9-12H2,1-2H3,(H,25,29,35). The van der Waals surface area contributed by atoms with Crippen molar-refractivity contribution >= 4 is 56.5 Å². The minimum absolute atomic E-state index is 0.130. The molecule has 2 aromatic rings. The van der Waals surface area contributed by atoms with Crippen LogP contribution in [0.2, 0.25) is 0 Å². The van der Waals surface area contributed by atoms with Gasteiger partial charge in [-0.3, -0.25) is 20.2 Å². The van der Waals surface area contributed by atoms with Gasteiger partial charge in [0.15, 0.2) is 5.11 Å². The Morgan fingerprint density at radius 1 is 1.09 bits per heavy atom. The number of carbonyl (C=O) groups excluding carboxylic acids is 2. The Balaban J connectivity index is 1.63. The number of hydrogen-bond acceptors (Lipinski definition) is 8. The predicted octanol–water partition coefficient (Wildman–Crippen LogP) is 3.77. The molecule has 0 aromatic heterocycles. The molecule has 12 heteroatoms. The number of ether oxygens (including phenoxy) is 2. The van der Waals surface area contributed by atoms with Crippen LogP contribution in [0.3, 0.4) is 0 Å².